The van der Waals surface area contributed by atoms with E-state index < -0.39 is 18.2 Å². The third-order valence-corrected chi connectivity index (χ3v) is 3.27. The predicted octanol–water partition coefficient (Wildman–Crippen LogP) is 1.95. The van der Waals surface area contributed by atoms with Gasteiger partial charge in [0.15, 0.2) is 0 Å². The minimum absolute atomic E-state index is 0.00700. The molecule has 0 aromatic rings. The van der Waals surface area contributed by atoms with Gasteiger partial charge >= 0.3 is 5.97 Å². The fourth-order valence-corrected chi connectivity index (χ4v) is 1.86. The molecule has 0 N–H and O–H groups in total. The van der Waals surface area contributed by atoms with E-state index in [4.69, 9.17) is 9.47 Å². The summed E-state index contributed by atoms with van der Waals surface area (Å²) in [7, 11) is 0. The average molecular weight is 218 g/mol. The molecule has 0 aromatic heterocycles. The lowest BCUT2D eigenvalue weighted by molar-refractivity contribution is -0.170. The van der Waals surface area contributed by atoms with Gasteiger partial charge in [-0.1, -0.05) is 13.8 Å². The maximum absolute atomic E-state index is 13.8. The summed E-state index contributed by atoms with van der Waals surface area (Å²) in [6.07, 6.45) is -1.67. The predicted molar refractivity (Wildman–Crippen MR) is 54.2 cm³/mol. The molecule has 1 rings (SSSR count). The van der Waals surface area contributed by atoms with Gasteiger partial charge in [0.2, 0.25) is 0 Å². The van der Waals surface area contributed by atoms with Crippen LogP contribution in [0.25, 0.3) is 0 Å². The zero-order chi connectivity index (χ0) is 11.6. The Balaban J connectivity index is 2.54. The van der Waals surface area contributed by atoms with Crippen LogP contribution in [0.2, 0.25) is 0 Å². The van der Waals surface area contributed by atoms with Crippen LogP contribution in [-0.4, -0.2) is 31.0 Å². The number of hydrogen-bond acceptors (Lipinski definition) is 3. The first-order valence-electron chi connectivity index (χ1n) is 5.36. The molecule has 0 radical (unpaired) electrons. The molecule has 0 aliphatic carbocycles. The van der Waals surface area contributed by atoms with Gasteiger partial charge in [-0.25, -0.2) is 4.39 Å². The molecule has 4 heteroatoms. The zero-order valence-electron chi connectivity index (χ0n) is 9.70. The van der Waals surface area contributed by atoms with Crippen LogP contribution in [0, 0.1) is 11.8 Å². The summed E-state index contributed by atoms with van der Waals surface area (Å²) in [5.74, 6) is -0.271. The number of halogens is 1. The molecule has 3 nitrogen and oxygen atoms in total. The van der Waals surface area contributed by atoms with Crippen molar-refractivity contribution in [1.29, 1.82) is 0 Å². The van der Waals surface area contributed by atoms with Gasteiger partial charge in [-0.3, -0.25) is 4.79 Å². The summed E-state index contributed by atoms with van der Waals surface area (Å²) < 4.78 is 24.1. The van der Waals surface area contributed by atoms with Crippen molar-refractivity contribution in [2.24, 2.45) is 11.8 Å². The van der Waals surface area contributed by atoms with Gasteiger partial charge in [-0.2, -0.15) is 0 Å². The van der Waals surface area contributed by atoms with E-state index in [-0.39, 0.29) is 24.5 Å². The lowest BCUT2D eigenvalue weighted by Gasteiger charge is -2.39. The third kappa shape index (κ3) is 2.91. The van der Waals surface area contributed by atoms with Gasteiger partial charge in [0.1, 0.15) is 18.9 Å². The number of alkyl halides is 1. The van der Waals surface area contributed by atoms with Crippen LogP contribution >= 0.6 is 0 Å². The molecule has 1 aliphatic rings. The van der Waals surface area contributed by atoms with Crippen LogP contribution in [0.3, 0.4) is 0 Å². The summed E-state index contributed by atoms with van der Waals surface area (Å²) in [6.45, 7) is 7.09. The average Bonchev–Trinajstić information content (AvgIpc) is 2.18. The standard InChI is InChI=1S/C11H19FO3/c1-6-7(2)11(12)10(15-8(6)3)5-14-9(4)13/h6-8,10-11H,5H2,1-4H3/t6?,7-,8?,10?,11-/m1/s1. The number of rotatable bonds is 2. The molecular weight excluding hydrogens is 199 g/mol. The monoisotopic (exact) mass is 218 g/mol. The van der Waals surface area contributed by atoms with E-state index in [1.54, 1.807) is 0 Å². The molecular formula is C11H19FO3. The van der Waals surface area contributed by atoms with Crippen molar-refractivity contribution in [1.82, 2.24) is 0 Å². The molecule has 0 saturated carbocycles. The van der Waals surface area contributed by atoms with Crippen molar-refractivity contribution in [3.8, 4) is 0 Å². The van der Waals surface area contributed by atoms with Crippen LogP contribution in [0.15, 0.2) is 0 Å². The summed E-state index contributed by atoms with van der Waals surface area (Å²) in [5, 5.41) is 0. The Labute approximate surface area is 89.9 Å². The highest BCUT2D eigenvalue weighted by atomic mass is 19.1. The first-order chi connectivity index (χ1) is 6.93. The number of carbonyl (C=O) groups is 1. The molecule has 0 aromatic carbocycles. The van der Waals surface area contributed by atoms with Crippen LogP contribution in [0.1, 0.15) is 27.7 Å². The van der Waals surface area contributed by atoms with Crippen LogP contribution in [0.5, 0.6) is 0 Å². The Kier molecular flexibility index (Phi) is 4.08. The van der Waals surface area contributed by atoms with Gasteiger partial charge < -0.3 is 9.47 Å². The largest absolute Gasteiger partial charge is 0.463 e. The van der Waals surface area contributed by atoms with Crippen LogP contribution in [0.4, 0.5) is 4.39 Å². The van der Waals surface area contributed by atoms with E-state index in [0.717, 1.165) is 0 Å². The maximum Gasteiger partial charge on any atom is 0.302 e. The molecule has 1 saturated heterocycles. The molecule has 0 amide bonds. The Morgan fingerprint density at radius 1 is 1.33 bits per heavy atom. The Morgan fingerprint density at radius 2 is 1.93 bits per heavy atom. The van der Waals surface area contributed by atoms with Crippen LogP contribution in [-0.2, 0) is 14.3 Å². The van der Waals surface area contributed by atoms with E-state index >= 15 is 0 Å². The smallest absolute Gasteiger partial charge is 0.302 e. The van der Waals surface area contributed by atoms with Gasteiger partial charge in [-0.15, -0.1) is 0 Å². The molecule has 1 fully saturated rings. The fraction of sp³-hybridized carbons (Fsp3) is 0.909. The van der Waals surface area contributed by atoms with Gasteiger partial charge in [0.25, 0.3) is 0 Å². The number of esters is 1. The first-order valence-corrected chi connectivity index (χ1v) is 5.36. The SMILES string of the molecule is CC(=O)OCC1OC(C)C(C)[C@@H](C)[C@H]1F. The molecule has 5 atom stereocenters. The Morgan fingerprint density at radius 3 is 2.47 bits per heavy atom. The number of ether oxygens (including phenoxy) is 2. The zero-order valence-corrected chi connectivity index (χ0v) is 9.70. The summed E-state index contributed by atoms with van der Waals surface area (Å²) in [4.78, 5) is 10.6. The third-order valence-electron chi connectivity index (χ3n) is 3.27. The molecule has 3 unspecified atom stereocenters. The van der Waals surface area contributed by atoms with Crippen molar-refractivity contribution in [3.05, 3.63) is 0 Å². The van der Waals surface area contributed by atoms with E-state index in [0.29, 0.717) is 0 Å². The second kappa shape index (κ2) is 4.92. The van der Waals surface area contributed by atoms with Crippen LogP contribution < -0.4 is 0 Å². The highest BCUT2D eigenvalue weighted by Gasteiger charge is 2.40. The Hall–Kier alpha value is -0.640. The quantitative estimate of drug-likeness (QED) is 0.664. The lowest BCUT2D eigenvalue weighted by atomic mass is 9.83. The lowest BCUT2D eigenvalue weighted by Crippen LogP contribution is -2.48. The normalized spacial score (nSPS) is 41.3. The van der Waals surface area contributed by atoms with Crippen molar-refractivity contribution in [2.75, 3.05) is 6.61 Å². The first kappa shape index (κ1) is 12.4. The molecule has 0 bridgehead atoms. The minimum atomic E-state index is -1.06. The summed E-state index contributed by atoms with van der Waals surface area (Å²) in [6, 6.07) is 0. The number of carbonyl (C=O) groups excluding carboxylic acids is 1. The molecule has 1 aliphatic heterocycles. The second-order valence-corrected chi connectivity index (χ2v) is 4.34. The van der Waals surface area contributed by atoms with E-state index in [2.05, 4.69) is 0 Å². The summed E-state index contributed by atoms with van der Waals surface area (Å²) >= 11 is 0. The molecule has 88 valence electrons. The fourth-order valence-electron chi connectivity index (χ4n) is 1.86. The van der Waals surface area contributed by atoms with Crippen molar-refractivity contribution < 1.29 is 18.7 Å². The highest BCUT2D eigenvalue weighted by molar-refractivity contribution is 5.65. The Bertz CT molecular complexity index is 232. The van der Waals surface area contributed by atoms with Gasteiger partial charge in [-0.05, 0) is 18.8 Å². The molecule has 15 heavy (non-hydrogen) atoms. The topological polar surface area (TPSA) is 35.5 Å². The minimum Gasteiger partial charge on any atom is -0.463 e. The van der Waals surface area contributed by atoms with Crippen molar-refractivity contribution in [3.63, 3.8) is 0 Å². The number of hydrogen-bond donors (Lipinski definition) is 0. The second-order valence-electron chi connectivity index (χ2n) is 4.34. The maximum atomic E-state index is 13.8. The van der Waals surface area contributed by atoms with Crippen molar-refractivity contribution >= 4 is 5.97 Å². The highest BCUT2D eigenvalue weighted by Crippen LogP contribution is 2.32. The van der Waals surface area contributed by atoms with E-state index in [1.165, 1.54) is 6.92 Å². The van der Waals surface area contributed by atoms with Gasteiger partial charge in [0, 0.05) is 6.92 Å². The van der Waals surface area contributed by atoms with Crippen molar-refractivity contribution in [2.45, 2.75) is 46.1 Å². The molecule has 0 spiro atoms. The summed E-state index contributed by atoms with van der Waals surface area (Å²) in [5.41, 5.74) is 0. The van der Waals surface area contributed by atoms with Gasteiger partial charge in [0.05, 0.1) is 6.10 Å². The molecule has 1 heterocycles. The van der Waals surface area contributed by atoms with E-state index in [9.17, 15) is 9.18 Å². The van der Waals surface area contributed by atoms with E-state index in [1.807, 2.05) is 20.8 Å².